The van der Waals surface area contributed by atoms with E-state index < -0.39 is 11.7 Å². The Morgan fingerprint density at radius 1 is 1.25 bits per heavy atom. The third kappa shape index (κ3) is 4.05. The van der Waals surface area contributed by atoms with Gasteiger partial charge in [-0.25, -0.2) is 4.98 Å². The lowest BCUT2D eigenvalue weighted by Gasteiger charge is -2.45. The zero-order valence-electron chi connectivity index (χ0n) is 19.0. The molecule has 1 aliphatic rings. The SMILES string of the molecule is CN(C)C1CCCCC1[N+](C)(C)c1nc(Nc2ccn3ccnc3c2)c(C(N)=O)cc1F. The molecule has 2 atom stereocenters. The maximum atomic E-state index is 15.3. The number of imidazole rings is 1. The van der Waals surface area contributed by atoms with Crippen LogP contribution in [0, 0.1) is 5.82 Å². The summed E-state index contributed by atoms with van der Waals surface area (Å²) in [6, 6.07) is 5.37. The maximum Gasteiger partial charge on any atom is 0.265 e. The van der Waals surface area contributed by atoms with Crippen molar-refractivity contribution in [3.63, 3.8) is 0 Å². The molecule has 0 saturated heterocycles. The average molecular weight is 441 g/mol. The number of halogens is 1. The van der Waals surface area contributed by atoms with E-state index >= 15 is 4.39 Å². The number of fused-ring (bicyclic) bond motifs is 1. The molecule has 0 radical (unpaired) electrons. The first kappa shape index (κ1) is 22.2. The fourth-order valence-corrected chi connectivity index (χ4v) is 4.90. The van der Waals surface area contributed by atoms with Crippen molar-refractivity contribution in [1.82, 2.24) is 23.8 Å². The van der Waals surface area contributed by atoms with Gasteiger partial charge in [0.2, 0.25) is 5.82 Å². The van der Waals surface area contributed by atoms with Gasteiger partial charge in [0, 0.05) is 36.8 Å². The second-order valence-electron chi connectivity index (χ2n) is 9.21. The molecular weight excluding hydrogens is 409 g/mol. The van der Waals surface area contributed by atoms with Gasteiger partial charge < -0.3 is 20.4 Å². The molecule has 170 valence electrons. The molecule has 1 aliphatic carbocycles. The summed E-state index contributed by atoms with van der Waals surface area (Å²) >= 11 is 0. The van der Waals surface area contributed by atoms with Crippen molar-refractivity contribution < 1.29 is 9.18 Å². The van der Waals surface area contributed by atoms with Crippen LogP contribution >= 0.6 is 0 Å². The van der Waals surface area contributed by atoms with Gasteiger partial charge in [-0.15, -0.1) is 0 Å². The maximum absolute atomic E-state index is 15.3. The summed E-state index contributed by atoms with van der Waals surface area (Å²) in [5.41, 5.74) is 7.00. The lowest BCUT2D eigenvalue weighted by Crippen LogP contribution is -2.60. The summed E-state index contributed by atoms with van der Waals surface area (Å²) in [5.74, 6) is -0.728. The van der Waals surface area contributed by atoms with E-state index in [0.717, 1.165) is 24.9 Å². The molecule has 1 saturated carbocycles. The minimum Gasteiger partial charge on any atom is -0.365 e. The quantitative estimate of drug-likeness (QED) is 0.575. The number of likely N-dealkylation sites (N-methyl/N-ethyl adjacent to an activating group) is 2. The zero-order valence-corrected chi connectivity index (χ0v) is 19.0. The van der Waals surface area contributed by atoms with Crippen LogP contribution in [0.2, 0.25) is 0 Å². The third-order valence-corrected chi connectivity index (χ3v) is 6.62. The number of nitrogens with one attached hydrogen (secondary N) is 1. The minimum absolute atomic E-state index is 0.0160. The Morgan fingerprint density at radius 2 is 2.00 bits per heavy atom. The standard InChI is InChI=1S/C23H30FN7O/c1-29(2)18-7-5-6-8-19(18)31(3,4)23-17(24)14-16(21(25)32)22(28-23)27-15-9-11-30-12-10-26-20(30)13-15/h9-14,18-19H,5-8H2,1-4H3,(H2-,25,26,27,28,32)/p+1. The van der Waals surface area contributed by atoms with E-state index in [4.69, 9.17) is 5.73 Å². The summed E-state index contributed by atoms with van der Waals surface area (Å²) < 4.78 is 17.5. The first-order chi connectivity index (χ1) is 15.2. The number of hydrogen-bond acceptors (Lipinski definition) is 5. The highest BCUT2D eigenvalue weighted by Gasteiger charge is 2.43. The van der Waals surface area contributed by atoms with Gasteiger partial charge in [0.15, 0.2) is 0 Å². The molecule has 3 N–H and O–H groups in total. The lowest BCUT2D eigenvalue weighted by molar-refractivity contribution is 0.0998. The summed E-state index contributed by atoms with van der Waals surface area (Å²) in [6.07, 6.45) is 9.71. The van der Waals surface area contributed by atoms with Gasteiger partial charge in [0.05, 0.1) is 25.7 Å². The minimum atomic E-state index is -0.735. The number of quaternary nitrogens is 1. The van der Waals surface area contributed by atoms with E-state index in [2.05, 4.69) is 34.3 Å². The number of aromatic nitrogens is 3. The van der Waals surface area contributed by atoms with E-state index in [1.807, 2.05) is 43.0 Å². The monoisotopic (exact) mass is 440 g/mol. The lowest BCUT2D eigenvalue weighted by atomic mass is 9.87. The molecule has 2 unspecified atom stereocenters. The van der Waals surface area contributed by atoms with Gasteiger partial charge in [-0.1, -0.05) is 6.42 Å². The van der Waals surface area contributed by atoms with Gasteiger partial charge in [0.1, 0.15) is 17.5 Å². The summed E-state index contributed by atoms with van der Waals surface area (Å²) in [5, 5.41) is 3.16. The molecule has 0 aliphatic heterocycles. The zero-order chi connectivity index (χ0) is 23.0. The highest BCUT2D eigenvalue weighted by Crippen LogP contribution is 2.35. The highest BCUT2D eigenvalue weighted by molar-refractivity contribution is 5.98. The molecule has 9 heteroatoms. The molecule has 1 fully saturated rings. The number of nitrogens with two attached hydrogens (primary N) is 1. The predicted molar refractivity (Wildman–Crippen MR) is 125 cm³/mol. The van der Waals surface area contributed by atoms with Gasteiger partial charge in [-0.05, 0) is 39.1 Å². The van der Waals surface area contributed by atoms with Crippen molar-refractivity contribution >= 4 is 28.9 Å². The molecule has 3 heterocycles. The van der Waals surface area contributed by atoms with Crippen LogP contribution in [0.5, 0.6) is 0 Å². The van der Waals surface area contributed by atoms with Crippen molar-refractivity contribution in [2.45, 2.75) is 37.8 Å². The van der Waals surface area contributed by atoms with Gasteiger partial charge >= 0.3 is 0 Å². The van der Waals surface area contributed by atoms with Gasteiger partial charge in [-0.2, -0.15) is 9.37 Å². The van der Waals surface area contributed by atoms with E-state index in [0.29, 0.717) is 11.7 Å². The molecule has 0 bridgehead atoms. The van der Waals surface area contributed by atoms with Crippen LogP contribution in [0.25, 0.3) is 5.65 Å². The normalized spacial score (nSPS) is 19.4. The van der Waals surface area contributed by atoms with Crippen LogP contribution < -0.4 is 15.5 Å². The molecule has 0 spiro atoms. The first-order valence-corrected chi connectivity index (χ1v) is 10.9. The number of carbonyl (C=O) groups is 1. The van der Waals surface area contributed by atoms with Gasteiger partial charge in [0.25, 0.3) is 11.7 Å². The predicted octanol–water partition coefficient (Wildman–Crippen LogP) is 3.15. The summed E-state index contributed by atoms with van der Waals surface area (Å²) in [7, 11) is 8.12. The number of amides is 1. The van der Waals surface area contributed by atoms with Crippen LogP contribution in [-0.4, -0.2) is 65.5 Å². The Kier molecular flexibility index (Phi) is 5.87. The largest absolute Gasteiger partial charge is 0.365 e. The van der Waals surface area contributed by atoms with Crippen molar-refractivity contribution in [2.24, 2.45) is 5.73 Å². The van der Waals surface area contributed by atoms with E-state index in [1.54, 1.807) is 6.20 Å². The van der Waals surface area contributed by atoms with Crippen LogP contribution in [0.4, 0.5) is 21.7 Å². The summed E-state index contributed by atoms with van der Waals surface area (Å²) in [4.78, 5) is 23.2. The molecule has 3 aromatic heterocycles. The molecule has 0 aromatic carbocycles. The van der Waals surface area contributed by atoms with Crippen LogP contribution in [-0.2, 0) is 0 Å². The van der Waals surface area contributed by atoms with Crippen molar-refractivity contribution in [3.05, 3.63) is 48.2 Å². The smallest absolute Gasteiger partial charge is 0.265 e. The molecule has 4 rings (SSSR count). The van der Waals surface area contributed by atoms with Crippen LogP contribution in [0.1, 0.15) is 36.0 Å². The Hall–Kier alpha value is -3.04. The van der Waals surface area contributed by atoms with Crippen LogP contribution in [0.15, 0.2) is 36.8 Å². The number of nitrogens with zero attached hydrogens (tertiary/aromatic N) is 5. The molecule has 32 heavy (non-hydrogen) atoms. The molecule has 3 aromatic rings. The Labute approximate surface area is 187 Å². The number of pyridine rings is 2. The second-order valence-corrected chi connectivity index (χ2v) is 9.21. The second kappa shape index (κ2) is 8.48. The number of anilines is 2. The number of rotatable bonds is 6. The molecule has 1 amide bonds. The highest BCUT2D eigenvalue weighted by atomic mass is 19.1. The fourth-order valence-electron chi connectivity index (χ4n) is 4.90. The average Bonchev–Trinajstić information content (AvgIpc) is 3.22. The Morgan fingerprint density at radius 3 is 2.72 bits per heavy atom. The van der Waals surface area contributed by atoms with Crippen molar-refractivity contribution in [1.29, 1.82) is 0 Å². The van der Waals surface area contributed by atoms with Crippen molar-refractivity contribution in [3.8, 4) is 0 Å². The van der Waals surface area contributed by atoms with Crippen molar-refractivity contribution in [2.75, 3.05) is 33.5 Å². The van der Waals surface area contributed by atoms with Gasteiger partial charge in [-0.3, -0.25) is 9.28 Å². The number of carbonyl (C=O) groups excluding carboxylic acids is 1. The van der Waals surface area contributed by atoms with Crippen LogP contribution in [0.3, 0.4) is 0 Å². The number of hydrogen-bond donors (Lipinski definition) is 2. The van der Waals surface area contributed by atoms with E-state index in [1.165, 1.54) is 12.5 Å². The molecular formula is C23H31FN7O+. The topological polar surface area (TPSA) is 88.6 Å². The first-order valence-electron chi connectivity index (χ1n) is 10.9. The van der Waals surface area contributed by atoms with E-state index in [-0.39, 0.29) is 27.7 Å². The third-order valence-electron chi connectivity index (χ3n) is 6.62. The number of primary amides is 1. The Bertz CT molecular complexity index is 1140. The Balaban J connectivity index is 1.76. The fraction of sp³-hybridized carbons (Fsp3) is 0.435. The van der Waals surface area contributed by atoms with E-state index in [9.17, 15) is 4.79 Å². The summed E-state index contributed by atoms with van der Waals surface area (Å²) in [6.45, 7) is 0. The molecule has 8 nitrogen and oxygen atoms in total.